The molecule has 1 aromatic heterocycles. The summed E-state index contributed by atoms with van der Waals surface area (Å²) in [6.45, 7) is 2.01. The van der Waals surface area contributed by atoms with Crippen LogP contribution < -0.4 is 10.6 Å². The Balaban J connectivity index is 1.82. The van der Waals surface area contributed by atoms with Gasteiger partial charge in [-0.15, -0.1) is 0 Å². The lowest BCUT2D eigenvalue weighted by Gasteiger charge is -2.26. The molecule has 0 unspecified atom stereocenters. The first kappa shape index (κ1) is 18.3. The summed E-state index contributed by atoms with van der Waals surface area (Å²) < 4.78 is -0.738. The zero-order valence-corrected chi connectivity index (χ0v) is 16.2. The van der Waals surface area contributed by atoms with E-state index < -0.39 is 9.96 Å². The van der Waals surface area contributed by atoms with E-state index in [9.17, 15) is 4.79 Å². The Morgan fingerprint density at radius 1 is 1.16 bits per heavy atom. The van der Waals surface area contributed by atoms with E-state index in [4.69, 9.17) is 34.8 Å². The van der Waals surface area contributed by atoms with E-state index in [-0.39, 0.29) is 5.91 Å². The predicted octanol–water partition coefficient (Wildman–Crippen LogP) is 5.14. The molecule has 0 fully saturated rings. The molecule has 1 heterocycles. The highest BCUT2D eigenvalue weighted by Gasteiger charge is 2.35. The molecule has 8 heteroatoms. The van der Waals surface area contributed by atoms with Gasteiger partial charge in [-0.2, -0.15) is 0 Å². The van der Waals surface area contributed by atoms with Crippen molar-refractivity contribution in [1.29, 1.82) is 0 Å². The van der Waals surface area contributed by atoms with E-state index in [1.54, 1.807) is 24.3 Å². The lowest BCUT2D eigenvalue weighted by molar-refractivity contribution is 0.0942. The Kier molecular flexibility index (Phi) is 5.39. The third kappa shape index (κ3) is 4.55. The van der Waals surface area contributed by atoms with Crippen LogP contribution in [0.3, 0.4) is 0 Å². The maximum Gasteiger partial charge on any atom is 0.252 e. The summed E-state index contributed by atoms with van der Waals surface area (Å²) in [6, 6.07) is 14.7. The number of aryl methyl sites for hydroxylation is 1. The number of halogens is 3. The molecule has 3 rings (SSSR count). The van der Waals surface area contributed by atoms with E-state index in [1.807, 2.05) is 31.2 Å². The number of benzene rings is 2. The van der Waals surface area contributed by atoms with Crippen LogP contribution in [0.15, 0.2) is 48.5 Å². The third-order valence-electron chi connectivity index (χ3n) is 3.45. The van der Waals surface area contributed by atoms with Crippen LogP contribution >= 0.6 is 46.1 Å². The molecule has 2 N–H and O–H groups in total. The summed E-state index contributed by atoms with van der Waals surface area (Å²) in [5.74, 6) is -0.346. The van der Waals surface area contributed by atoms with Crippen LogP contribution in [0, 0.1) is 6.92 Å². The second-order valence-electron chi connectivity index (χ2n) is 5.45. The molecule has 3 aromatic rings. The molecule has 0 saturated carbocycles. The molecule has 2 aromatic carbocycles. The van der Waals surface area contributed by atoms with Gasteiger partial charge in [-0.05, 0) is 36.8 Å². The first-order valence-corrected chi connectivity index (χ1v) is 9.34. The fraction of sp³-hybridized carbons (Fsp3) is 0.176. The maximum atomic E-state index is 12.4. The standard InChI is InChI=1S/C17H14Cl3N3OS/c1-10-7-8-12-13(9-10)25-16(21-12)23-15(17(18,19)20)22-14(24)11-5-3-2-4-6-11/h2-9,15H,1H3,(H,21,23)(H,22,24)/t15-/m1/s1. The Morgan fingerprint density at radius 3 is 2.56 bits per heavy atom. The van der Waals surface area contributed by atoms with Gasteiger partial charge in [-0.25, -0.2) is 4.98 Å². The van der Waals surface area contributed by atoms with Crippen molar-refractivity contribution in [3.63, 3.8) is 0 Å². The first-order chi connectivity index (χ1) is 11.8. The number of aromatic nitrogens is 1. The fourth-order valence-corrected chi connectivity index (χ4v) is 3.54. The number of hydrogen-bond donors (Lipinski definition) is 2. The summed E-state index contributed by atoms with van der Waals surface area (Å²) in [7, 11) is 0. The molecule has 4 nitrogen and oxygen atoms in total. The third-order valence-corrected chi connectivity index (χ3v) is 5.05. The largest absolute Gasteiger partial charge is 0.338 e. The summed E-state index contributed by atoms with van der Waals surface area (Å²) in [5.41, 5.74) is 2.46. The topological polar surface area (TPSA) is 54.0 Å². The van der Waals surface area contributed by atoms with Gasteiger partial charge in [0.05, 0.1) is 10.2 Å². The van der Waals surface area contributed by atoms with Crippen LogP contribution in [0.25, 0.3) is 10.2 Å². The molecule has 0 bridgehead atoms. The Labute approximate surface area is 164 Å². The van der Waals surface area contributed by atoms with Crippen LogP contribution in [0.2, 0.25) is 0 Å². The second-order valence-corrected chi connectivity index (χ2v) is 8.85. The minimum atomic E-state index is -1.75. The van der Waals surface area contributed by atoms with Crippen LogP contribution in [-0.2, 0) is 0 Å². The van der Waals surface area contributed by atoms with E-state index in [1.165, 1.54) is 11.3 Å². The van der Waals surface area contributed by atoms with Gasteiger partial charge in [-0.3, -0.25) is 4.79 Å². The van der Waals surface area contributed by atoms with Crippen molar-refractivity contribution in [2.45, 2.75) is 16.9 Å². The van der Waals surface area contributed by atoms with Crippen molar-refractivity contribution < 1.29 is 4.79 Å². The van der Waals surface area contributed by atoms with Crippen molar-refractivity contribution in [2.24, 2.45) is 0 Å². The smallest absolute Gasteiger partial charge is 0.252 e. The summed E-state index contributed by atoms with van der Waals surface area (Å²) >= 11 is 19.5. The summed E-state index contributed by atoms with van der Waals surface area (Å²) in [6.07, 6.45) is -0.938. The maximum absolute atomic E-state index is 12.4. The van der Waals surface area contributed by atoms with Crippen LogP contribution in [0.5, 0.6) is 0 Å². The van der Waals surface area contributed by atoms with E-state index in [2.05, 4.69) is 15.6 Å². The highest BCUT2D eigenvalue weighted by Crippen LogP contribution is 2.33. The SMILES string of the molecule is Cc1ccc2nc(N[C@@H](NC(=O)c3ccccc3)C(Cl)(Cl)Cl)sc2c1. The van der Waals surface area contributed by atoms with E-state index in [0.29, 0.717) is 10.7 Å². The number of nitrogens with one attached hydrogen (secondary N) is 2. The highest BCUT2D eigenvalue weighted by atomic mass is 35.6. The minimum absolute atomic E-state index is 0.346. The van der Waals surface area contributed by atoms with Crippen LogP contribution in [-0.4, -0.2) is 20.8 Å². The van der Waals surface area contributed by atoms with Crippen molar-refractivity contribution in [2.75, 3.05) is 5.32 Å². The lowest BCUT2D eigenvalue weighted by atomic mass is 10.2. The van der Waals surface area contributed by atoms with Crippen molar-refractivity contribution in [3.05, 3.63) is 59.7 Å². The normalized spacial score (nSPS) is 12.8. The van der Waals surface area contributed by atoms with Crippen LogP contribution in [0.1, 0.15) is 15.9 Å². The monoisotopic (exact) mass is 413 g/mol. The number of carbonyl (C=O) groups excluding carboxylic acids is 1. The predicted molar refractivity (Wildman–Crippen MR) is 106 cm³/mol. The average molecular weight is 415 g/mol. The molecule has 0 saturated heterocycles. The molecule has 0 spiro atoms. The van der Waals surface area contributed by atoms with E-state index >= 15 is 0 Å². The molecule has 1 amide bonds. The zero-order valence-electron chi connectivity index (χ0n) is 13.1. The number of rotatable bonds is 4. The second kappa shape index (κ2) is 7.38. The summed E-state index contributed by atoms with van der Waals surface area (Å²) in [4.78, 5) is 16.8. The van der Waals surface area contributed by atoms with Crippen molar-refractivity contribution in [1.82, 2.24) is 10.3 Å². The number of alkyl halides is 3. The molecule has 0 aliphatic rings. The number of fused-ring (bicyclic) bond motifs is 1. The molecule has 25 heavy (non-hydrogen) atoms. The number of hydrogen-bond acceptors (Lipinski definition) is 4. The van der Waals surface area contributed by atoms with Crippen molar-refractivity contribution in [3.8, 4) is 0 Å². The number of anilines is 1. The van der Waals surface area contributed by atoms with Crippen LogP contribution in [0.4, 0.5) is 5.13 Å². The van der Waals surface area contributed by atoms with Gasteiger partial charge in [0, 0.05) is 5.56 Å². The number of nitrogens with zero attached hydrogens (tertiary/aromatic N) is 1. The van der Waals surface area contributed by atoms with Gasteiger partial charge in [-0.1, -0.05) is 70.4 Å². The fourth-order valence-electron chi connectivity index (χ4n) is 2.22. The van der Waals surface area contributed by atoms with Gasteiger partial charge < -0.3 is 10.6 Å². The number of carbonyl (C=O) groups is 1. The Bertz CT molecular complexity index is 893. The quantitative estimate of drug-likeness (QED) is 0.459. The van der Waals surface area contributed by atoms with Gasteiger partial charge in [0.1, 0.15) is 6.17 Å². The zero-order chi connectivity index (χ0) is 18.0. The first-order valence-electron chi connectivity index (χ1n) is 7.39. The lowest BCUT2D eigenvalue weighted by Crippen LogP contribution is -2.49. The van der Waals surface area contributed by atoms with E-state index in [0.717, 1.165) is 15.8 Å². The molecule has 130 valence electrons. The summed E-state index contributed by atoms with van der Waals surface area (Å²) in [5, 5.41) is 6.27. The van der Waals surface area contributed by atoms with Gasteiger partial charge in [0.25, 0.3) is 5.91 Å². The molecular weight excluding hydrogens is 401 g/mol. The Morgan fingerprint density at radius 2 is 1.88 bits per heavy atom. The molecule has 0 aliphatic carbocycles. The Hall–Kier alpha value is -1.53. The highest BCUT2D eigenvalue weighted by molar-refractivity contribution is 7.22. The van der Waals surface area contributed by atoms with Gasteiger partial charge in [0.15, 0.2) is 5.13 Å². The minimum Gasteiger partial charge on any atom is -0.338 e. The molecular formula is C17H14Cl3N3OS. The van der Waals surface area contributed by atoms with Gasteiger partial charge in [0.2, 0.25) is 3.79 Å². The molecule has 1 atom stereocenters. The molecule has 0 aliphatic heterocycles. The van der Waals surface area contributed by atoms with Crippen molar-refractivity contribution >= 4 is 67.4 Å². The molecule has 0 radical (unpaired) electrons. The number of thiazole rings is 1. The number of amides is 1. The average Bonchev–Trinajstić information content (AvgIpc) is 2.95. The van der Waals surface area contributed by atoms with Gasteiger partial charge >= 0.3 is 0 Å².